The van der Waals surface area contributed by atoms with Gasteiger partial charge < -0.3 is 21.5 Å². The second kappa shape index (κ2) is 9.18. The van der Waals surface area contributed by atoms with Gasteiger partial charge in [-0.2, -0.15) is 4.98 Å². The number of nitrogens with one attached hydrogen (secondary N) is 2. The van der Waals surface area contributed by atoms with Crippen molar-refractivity contribution in [3.05, 3.63) is 47.2 Å². The zero-order valence-corrected chi connectivity index (χ0v) is 17.7. The lowest BCUT2D eigenvalue weighted by Crippen LogP contribution is -2.15. The van der Waals surface area contributed by atoms with Crippen LogP contribution in [-0.2, 0) is 0 Å². The highest BCUT2D eigenvalue weighted by molar-refractivity contribution is 9.10. The van der Waals surface area contributed by atoms with Gasteiger partial charge in [-0.15, -0.1) is 0 Å². The lowest BCUT2D eigenvalue weighted by atomic mass is 10.3. The standard InChI is InChI=1S/C18H20BrN7OS/c1-10(27)11(2)28-16-14(19)9-22-18(26-16)24-13-5-3-12(4-6-13)23-17-21-8-7-15(20)25-17/h3-11,27H,1-2H3,(H,22,24,26)(H3,20,21,23,25)/t10-,11-/m1/s1. The summed E-state index contributed by atoms with van der Waals surface area (Å²) >= 11 is 4.94. The summed E-state index contributed by atoms with van der Waals surface area (Å²) in [7, 11) is 0. The van der Waals surface area contributed by atoms with E-state index in [2.05, 4.69) is 46.5 Å². The second-order valence-electron chi connectivity index (χ2n) is 6.04. The number of aromatic nitrogens is 4. The minimum atomic E-state index is -0.438. The molecule has 28 heavy (non-hydrogen) atoms. The summed E-state index contributed by atoms with van der Waals surface area (Å²) in [5, 5.41) is 16.8. The number of thioether (sulfide) groups is 1. The number of rotatable bonds is 7. The van der Waals surface area contributed by atoms with Gasteiger partial charge in [0.05, 0.1) is 10.6 Å². The van der Waals surface area contributed by atoms with E-state index in [0.29, 0.717) is 17.7 Å². The molecule has 8 nitrogen and oxygen atoms in total. The molecule has 0 saturated carbocycles. The summed E-state index contributed by atoms with van der Waals surface area (Å²) in [6.07, 6.45) is 2.85. The average Bonchev–Trinajstić information content (AvgIpc) is 2.66. The molecule has 3 rings (SSSR count). The smallest absolute Gasteiger partial charge is 0.229 e. The SMILES string of the molecule is C[C@@H](O)[C@@H](C)Sc1nc(Nc2ccc(Nc3nccc(N)n3)cc2)ncc1Br. The zero-order valence-electron chi connectivity index (χ0n) is 15.3. The van der Waals surface area contributed by atoms with Gasteiger partial charge >= 0.3 is 0 Å². The van der Waals surface area contributed by atoms with Crippen molar-refractivity contribution in [1.29, 1.82) is 0 Å². The summed E-state index contributed by atoms with van der Waals surface area (Å²) in [5.74, 6) is 1.32. The van der Waals surface area contributed by atoms with E-state index in [9.17, 15) is 5.11 Å². The van der Waals surface area contributed by atoms with Crippen molar-refractivity contribution in [2.45, 2.75) is 30.2 Å². The number of aliphatic hydroxyl groups is 1. The van der Waals surface area contributed by atoms with Crippen LogP contribution in [0.2, 0.25) is 0 Å². The van der Waals surface area contributed by atoms with Gasteiger partial charge in [0.15, 0.2) is 0 Å². The van der Waals surface area contributed by atoms with Crippen LogP contribution < -0.4 is 16.4 Å². The van der Waals surface area contributed by atoms with Crippen LogP contribution in [0.1, 0.15) is 13.8 Å². The van der Waals surface area contributed by atoms with E-state index in [0.717, 1.165) is 20.9 Å². The monoisotopic (exact) mass is 461 g/mol. The first-order valence-electron chi connectivity index (χ1n) is 8.50. The summed E-state index contributed by atoms with van der Waals surface area (Å²) in [6.45, 7) is 3.71. The van der Waals surface area contributed by atoms with Crippen molar-refractivity contribution in [3.8, 4) is 0 Å². The van der Waals surface area contributed by atoms with Gasteiger partial charge in [-0.05, 0) is 53.2 Å². The number of hydrogen-bond acceptors (Lipinski definition) is 9. The minimum Gasteiger partial charge on any atom is -0.392 e. The van der Waals surface area contributed by atoms with Crippen LogP contribution in [0, 0.1) is 0 Å². The maximum atomic E-state index is 9.71. The van der Waals surface area contributed by atoms with Gasteiger partial charge in [0.2, 0.25) is 11.9 Å². The first-order chi connectivity index (χ1) is 13.4. The lowest BCUT2D eigenvalue weighted by Gasteiger charge is -2.15. The van der Waals surface area contributed by atoms with Gasteiger partial charge in [0, 0.05) is 29.0 Å². The molecule has 0 saturated heterocycles. The van der Waals surface area contributed by atoms with Crippen LogP contribution in [0.5, 0.6) is 0 Å². The van der Waals surface area contributed by atoms with E-state index < -0.39 is 6.10 Å². The van der Waals surface area contributed by atoms with E-state index >= 15 is 0 Å². The summed E-state index contributed by atoms with van der Waals surface area (Å²) in [5.41, 5.74) is 7.32. The third kappa shape index (κ3) is 5.54. The summed E-state index contributed by atoms with van der Waals surface area (Å²) < 4.78 is 0.789. The number of nitrogen functional groups attached to an aromatic ring is 1. The highest BCUT2D eigenvalue weighted by Crippen LogP contribution is 2.31. The van der Waals surface area contributed by atoms with Crippen LogP contribution in [0.3, 0.4) is 0 Å². The van der Waals surface area contributed by atoms with Gasteiger partial charge in [-0.3, -0.25) is 0 Å². The molecule has 2 aromatic heterocycles. The molecule has 0 amide bonds. The molecule has 0 fully saturated rings. The Balaban J connectivity index is 1.68. The molecule has 0 aliphatic carbocycles. The maximum Gasteiger partial charge on any atom is 0.229 e. The van der Waals surface area contributed by atoms with Crippen LogP contribution in [0.4, 0.5) is 29.1 Å². The largest absolute Gasteiger partial charge is 0.392 e. The fourth-order valence-electron chi connectivity index (χ4n) is 2.10. The Kier molecular flexibility index (Phi) is 6.65. The number of halogens is 1. The molecule has 0 aliphatic rings. The first-order valence-corrected chi connectivity index (χ1v) is 10.2. The number of nitrogens with two attached hydrogens (primary N) is 1. The predicted octanol–water partition coefficient (Wildman–Crippen LogP) is 3.96. The third-order valence-corrected chi connectivity index (χ3v) is 5.91. The molecule has 2 heterocycles. The number of aliphatic hydroxyl groups excluding tert-OH is 1. The Morgan fingerprint density at radius 1 is 1.00 bits per heavy atom. The van der Waals surface area contributed by atoms with Gasteiger partial charge in [-0.1, -0.05) is 18.7 Å². The summed E-state index contributed by atoms with van der Waals surface area (Å²) in [6, 6.07) is 9.19. The van der Waals surface area contributed by atoms with Gasteiger partial charge in [-0.25, -0.2) is 15.0 Å². The van der Waals surface area contributed by atoms with Crippen LogP contribution in [0.15, 0.2) is 52.2 Å². The number of anilines is 5. The first kappa shape index (κ1) is 20.3. The van der Waals surface area contributed by atoms with E-state index in [4.69, 9.17) is 5.73 Å². The van der Waals surface area contributed by atoms with Gasteiger partial charge in [0.1, 0.15) is 10.8 Å². The quantitative estimate of drug-likeness (QED) is 0.305. The molecule has 5 N–H and O–H groups in total. The Labute approximate surface area is 175 Å². The topological polar surface area (TPSA) is 122 Å². The van der Waals surface area contributed by atoms with Crippen molar-refractivity contribution in [2.24, 2.45) is 0 Å². The Morgan fingerprint density at radius 3 is 2.18 bits per heavy atom. The maximum absolute atomic E-state index is 9.71. The fourth-order valence-corrected chi connectivity index (χ4v) is 3.42. The third-order valence-electron chi connectivity index (χ3n) is 3.76. The number of benzene rings is 1. The predicted molar refractivity (Wildman–Crippen MR) is 116 cm³/mol. The van der Waals surface area contributed by atoms with Gasteiger partial charge in [0.25, 0.3) is 0 Å². The molecular formula is C18H20BrN7OS. The number of nitrogens with zero attached hydrogens (tertiary/aromatic N) is 4. The minimum absolute atomic E-state index is 0.0126. The van der Waals surface area contributed by atoms with Crippen molar-refractivity contribution in [3.63, 3.8) is 0 Å². The molecule has 2 atom stereocenters. The number of hydrogen-bond donors (Lipinski definition) is 4. The molecule has 0 unspecified atom stereocenters. The molecule has 0 aliphatic heterocycles. The second-order valence-corrected chi connectivity index (χ2v) is 8.26. The molecule has 3 aromatic rings. The molecule has 0 spiro atoms. The van der Waals surface area contributed by atoms with Crippen molar-refractivity contribution in [1.82, 2.24) is 19.9 Å². The lowest BCUT2D eigenvalue weighted by molar-refractivity contribution is 0.196. The highest BCUT2D eigenvalue weighted by atomic mass is 79.9. The van der Waals surface area contributed by atoms with Crippen LogP contribution in [0.25, 0.3) is 0 Å². The molecule has 0 bridgehead atoms. The van der Waals surface area contributed by atoms with Crippen molar-refractivity contribution >= 4 is 56.8 Å². The van der Waals surface area contributed by atoms with Crippen molar-refractivity contribution in [2.75, 3.05) is 16.4 Å². The normalized spacial score (nSPS) is 13.0. The van der Waals surface area contributed by atoms with E-state index in [1.807, 2.05) is 31.2 Å². The Hall–Kier alpha value is -2.43. The molecule has 0 radical (unpaired) electrons. The summed E-state index contributed by atoms with van der Waals surface area (Å²) in [4.78, 5) is 17.0. The Bertz CT molecular complexity index is 939. The van der Waals surface area contributed by atoms with E-state index in [1.54, 1.807) is 25.4 Å². The zero-order chi connectivity index (χ0) is 20.1. The Morgan fingerprint density at radius 2 is 1.61 bits per heavy atom. The fraction of sp³-hybridized carbons (Fsp3) is 0.222. The molecule has 10 heteroatoms. The highest BCUT2D eigenvalue weighted by Gasteiger charge is 2.14. The molecule has 1 aromatic carbocycles. The van der Waals surface area contributed by atoms with Crippen LogP contribution in [-0.4, -0.2) is 36.4 Å². The molecular weight excluding hydrogens is 442 g/mol. The average molecular weight is 462 g/mol. The van der Waals surface area contributed by atoms with E-state index in [1.165, 1.54) is 11.8 Å². The van der Waals surface area contributed by atoms with Crippen molar-refractivity contribution < 1.29 is 5.11 Å². The van der Waals surface area contributed by atoms with E-state index in [-0.39, 0.29) is 5.25 Å². The van der Waals surface area contributed by atoms with Crippen LogP contribution >= 0.6 is 27.7 Å². The molecule has 146 valence electrons.